The van der Waals surface area contributed by atoms with E-state index in [0.717, 1.165) is 11.3 Å². The third kappa shape index (κ3) is 4.90. The van der Waals surface area contributed by atoms with Gasteiger partial charge in [0.2, 0.25) is 11.8 Å². The summed E-state index contributed by atoms with van der Waals surface area (Å²) in [6.07, 6.45) is 0.494. The molecule has 142 valence electrons. The van der Waals surface area contributed by atoms with E-state index in [1.807, 2.05) is 24.3 Å². The SMILES string of the molecule is COc1ccc(Cc2nnc(S[C@@H](C)C(=O)Nc3ccccc3C#N)o2)cc1. The predicted molar refractivity (Wildman–Crippen MR) is 105 cm³/mol. The average Bonchev–Trinajstić information content (AvgIpc) is 3.15. The quantitative estimate of drug-likeness (QED) is 0.610. The van der Waals surface area contributed by atoms with Gasteiger partial charge in [0.1, 0.15) is 11.8 Å². The van der Waals surface area contributed by atoms with Gasteiger partial charge in [-0.05, 0) is 36.8 Å². The second kappa shape index (κ2) is 9.06. The van der Waals surface area contributed by atoms with Crippen LogP contribution in [-0.4, -0.2) is 28.5 Å². The van der Waals surface area contributed by atoms with Crippen LogP contribution in [0.2, 0.25) is 0 Å². The Bertz CT molecular complexity index is 995. The van der Waals surface area contributed by atoms with Crippen LogP contribution in [0.25, 0.3) is 0 Å². The van der Waals surface area contributed by atoms with Crippen LogP contribution in [0.4, 0.5) is 5.69 Å². The Hall–Kier alpha value is -3.31. The Morgan fingerprint density at radius 1 is 1.25 bits per heavy atom. The molecule has 3 rings (SSSR count). The highest BCUT2D eigenvalue weighted by Crippen LogP contribution is 2.24. The van der Waals surface area contributed by atoms with E-state index in [4.69, 9.17) is 14.4 Å². The minimum Gasteiger partial charge on any atom is -0.497 e. The standard InChI is InChI=1S/C20H18N4O3S/c1-13(19(25)22-17-6-4-3-5-15(17)12-21)28-20-24-23-18(27-20)11-14-7-9-16(26-2)10-8-14/h3-10,13H,11H2,1-2H3,(H,22,25)/t13-/m0/s1. The maximum absolute atomic E-state index is 12.4. The number of rotatable bonds is 7. The van der Waals surface area contributed by atoms with Gasteiger partial charge in [0, 0.05) is 0 Å². The Morgan fingerprint density at radius 2 is 2.00 bits per heavy atom. The van der Waals surface area contributed by atoms with Gasteiger partial charge in [0.15, 0.2) is 0 Å². The van der Waals surface area contributed by atoms with Crippen LogP contribution in [0, 0.1) is 11.3 Å². The molecule has 2 aromatic carbocycles. The third-order valence-electron chi connectivity index (χ3n) is 3.91. The molecule has 1 aromatic heterocycles. The molecular formula is C20H18N4O3S. The number of amides is 1. The third-order valence-corrected chi connectivity index (χ3v) is 4.85. The second-order valence-corrected chi connectivity index (χ2v) is 7.19. The Kier molecular flexibility index (Phi) is 6.29. The molecule has 1 atom stereocenters. The molecule has 0 aliphatic heterocycles. The van der Waals surface area contributed by atoms with Crippen molar-refractivity contribution in [1.29, 1.82) is 5.26 Å². The lowest BCUT2D eigenvalue weighted by Crippen LogP contribution is -2.22. The molecule has 0 spiro atoms. The van der Waals surface area contributed by atoms with Gasteiger partial charge in [-0.3, -0.25) is 4.79 Å². The summed E-state index contributed by atoms with van der Waals surface area (Å²) in [7, 11) is 1.62. The second-order valence-electron chi connectivity index (χ2n) is 5.89. The van der Waals surface area contributed by atoms with E-state index in [9.17, 15) is 4.79 Å². The van der Waals surface area contributed by atoms with Crippen molar-refractivity contribution in [2.24, 2.45) is 0 Å². The lowest BCUT2D eigenvalue weighted by atomic mass is 10.1. The van der Waals surface area contributed by atoms with Crippen LogP contribution in [0.3, 0.4) is 0 Å². The Labute approximate surface area is 166 Å². The fraction of sp³-hybridized carbons (Fsp3) is 0.200. The molecule has 28 heavy (non-hydrogen) atoms. The molecule has 1 N–H and O–H groups in total. The van der Waals surface area contributed by atoms with E-state index in [2.05, 4.69) is 21.6 Å². The summed E-state index contributed by atoms with van der Waals surface area (Å²) in [6.45, 7) is 1.74. The fourth-order valence-corrected chi connectivity index (χ4v) is 3.10. The molecule has 1 amide bonds. The van der Waals surface area contributed by atoms with E-state index in [1.54, 1.807) is 38.3 Å². The smallest absolute Gasteiger partial charge is 0.277 e. The normalized spacial score (nSPS) is 11.5. The van der Waals surface area contributed by atoms with E-state index in [1.165, 1.54) is 11.8 Å². The van der Waals surface area contributed by atoms with Crippen LogP contribution >= 0.6 is 11.8 Å². The van der Waals surface area contributed by atoms with Gasteiger partial charge in [-0.2, -0.15) is 5.26 Å². The first-order valence-electron chi connectivity index (χ1n) is 8.51. The van der Waals surface area contributed by atoms with Gasteiger partial charge in [-0.1, -0.05) is 36.0 Å². The van der Waals surface area contributed by atoms with E-state index in [-0.39, 0.29) is 5.91 Å². The van der Waals surface area contributed by atoms with E-state index in [0.29, 0.717) is 28.8 Å². The van der Waals surface area contributed by atoms with Gasteiger partial charge >= 0.3 is 0 Å². The maximum Gasteiger partial charge on any atom is 0.277 e. The summed E-state index contributed by atoms with van der Waals surface area (Å²) in [6, 6.07) is 16.5. The number of thioether (sulfide) groups is 1. The number of carbonyl (C=O) groups excluding carboxylic acids is 1. The highest BCUT2D eigenvalue weighted by molar-refractivity contribution is 8.00. The average molecular weight is 394 g/mol. The number of methoxy groups -OCH3 is 1. The summed E-state index contributed by atoms with van der Waals surface area (Å²) in [4.78, 5) is 12.4. The molecule has 3 aromatic rings. The first-order chi connectivity index (χ1) is 13.6. The Balaban J connectivity index is 1.59. The molecule has 0 saturated heterocycles. The van der Waals surface area contributed by atoms with Crippen LogP contribution < -0.4 is 10.1 Å². The molecular weight excluding hydrogens is 376 g/mol. The van der Waals surface area contributed by atoms with Gasteiger partial charge < -0.3 is 14.5 Å². The van der Waals surface area contributed by atoms with Crippen LogP contribution in [0.15, 0.2) is 58.2 Å². The molecule has 0 unspecified atom stereocenters. The zero-order chi connectivity index (χ0) is 19.9. The van der Waals surface area contributed by atoms with E-state index < -0.39 is 5.25 Å². The number of nitriles is 1. The van der Waals surface area contributed by atoms with Crippen LogP contribution in [-0.2, 0) is 11.2 Å². The molecule has 0 aliphatic carbocycles. The highest BCUT2D eigenvalue weighted by Gasteiger charge is 2.19. The van der Waals surface area contributed by atoms with Crippen molar-refractivity contribution in [3.8, 4) is 11.8 Å². The molecule has 0 fully saturated rings. The Morgan fingerprint density at radius 3 is 2.71 bits per heavy atom. The zero-order valence-corrected chi connectivity index (χ0v) is 16.2. The van der Waals surface area contributed by atoms with Crippen molar-refractivity contribution in [1.82, 2.24) is 10.2 Å². The molecule has 0 saturated carbocycles. The number of nitrogens with one attached hydrogen (secondary N) is 1. The summed E-state index contributed by atoms with van der Waals surface area (Å²) < 4.78 is 10.8. The largest absolute Gasteiger partial charge is 0.497 e. The molecule has 0 aliphatic rings. The number of anilines is 1. The van der Waals surface area contributed by atoms with Crippen molar-refractivity contribution in [3.63, 3.8) is 0 Å². The first kappa shape index (κ1) is 19.5. The minimum absolute atomic E-state index is 0.248. The van der Waals surface area contributed by atoms with Gasteiger partial charge in [0.05, 0.1) is 30.0 Å². The number of nitrogens with zero attached hydrogens (tertiary/aromatic N) is 3. The van der Waals surface area contributed by atoms with Crippen molar-refractivity contribution in [3.05, 3.63) is 65.5 Å². The molecule has 1 heterocycles. The molecule has 0 radical (unpaired) electrons. The van der Waals surface area contributed by atoms with Crippen molar-refractivity contribution in [2.45, 2.75) is 23.8 Å². The molecule has 7 nitrogen and oxygen atoms in total. The zero-order valence-electron chi connectivity index (χ0n) is 15.4. The molecule has 8 heteroatoms. The number of hydrogen-bond donors (Lipinski definition) is 1. The van der Waals surface area contributed by atoms with Crippen molar-refractivity contribution in [2.75, 3.05) is 12.4 Å². The van der Waals surface area contributed by atoms with Gasteiger partial charge in [-0.15, -0.1) is 10.2 Å². The first-order valence-corrected chi connectivity index (χ1v) is 9.39. The lowest BCUT2D eigenvalue weighted by Gasteiger charge is -2.10. The number of aromatic nitrogens is 2. The maximum atomic E-state index is 12.4. The van der Waals surface area contributed by atoms with Crippen molar-refractivity contribution >= 4 is 23.4 Å². The summed E-state index contributed by atoms with van der Waals surface area (Å²) in [5, 5.41) is 19.7. The number of carbonyl (C=O) groups is 1. The topological polar surface area (TPSA) is 101 Å². The van der Waals surface area contributed by atoms with Crippen LogP contribution in [0.1, 0.15) is 23.9 Å². The summed E-state index contributed by atoms with van der Waals surface area (Å²) >= 11 is 1.17. The monoisotopic (exact) mass is 394 g/mol. The number of ether oxygens (including phenoxy) is 1. The number of para-hydroxylation sites is 1. The fourth-order valence-electron chi connectivity index (χ4n) is 2.40. The minimum atomic E-state index is -0.471. The summed E-state index contributed by atoms with van der Waals surface area (Å²) in [5.74, 6) is 1.00. The number of hydrogen-bond acceptors (Lipinski definition) is 7. The predicted octanol–water partition coefficient (Wildman–Crippen LogP) is 3.66. The van der Waals surface area contributed by atoms with Crippen molar-refractivity contribution < 1.29 is 13.9 Å². The summed E-state index contributed by atoms with van der Waals surface area (Å²) in [5.41, 5.74) is 1.90. The van der Waals surface area contributed by atoms with Gasteiger partial charge in [0.25, 0.3) is 5.22 Å². The lowest BCUT2D eigenvalue weighted by molar-refractivity contribution is -0.115. The van der Waals surface area contributed by atoms with E-state index >= 15 is 0 Å². The highest BCUT2D eigenvalue weighted by atomic mass is 32.2. The van der Waals surface area contributed by atoms with Crippen LogP contribution in [0.5, 0.6) is 5.75 Å². The van der Waals surface area contributed by atoms with Gasteiger partial charge in [-0.25, -0.2) is 0 Å². The molecule has 0 bridgehead atoms. The number of benzene rings is 2.